The predicted molar refractivity (Wildman–Crippen MR) is 83.6 cm³/mol. The highest BCUT2D eigenvalue weighted by Gasteiger charge is 2.34. The quantitative estimate of drug-likeness (QED) is 0.814. The highest BCUT2D eigenvalue weighted by molar-refractivity contribution is 5.96. The number of benzene rings is 1. The molecule has 0 spiro atoms. The van der Waals surface area contributed by atoms with Crippen molar-refractivity contribution in [3.63, 3.8) is 0 Å². The summed E-state index contributed by atoms with van der Waals surface area (Å²) in [6, 6.07) is 6.00. The summed E-state index contributed by atoms with van der Waals surface area (Å²) in [6.07, 6.45) is 5.11. The Labute approximate surface area is 125 Å². The van der Waals surface area contributed by atoms with Gasteiger partial charge in [-0.1, -0.05) is 12.8 Å². The molecule has 0 bridgehead atoms. The van der Waals surface area contributed by atoms with E-state index in [-0.39, 0.29) is 5.91 Å². The summed E-state index contributed by atoms with van der Waals surface area (Å²) >= 11 is 0. The molecule has 0 aromatic heterocycles. The number of anilines is 2. The molecule has 3 N–H and O–H groups in total. The van der Waals surface area contributed by atoms with Gasteiger partial charge in [-0.3, -0.25) is 4.79 Å². The summed E-state index contributed by atoms with van der Waals surface area (Å²) in [5, 5.41) is 2.62. The third-order valence-corrected chi connectivity index (χ3v) is 4.56. The van der Waals surface area contributed by atoms with E-state index in [9.17, 15) is 4.79 Å². The van der Waals surface area contributed by atoms with E-state index < -0.39 is 0 Å². The largest absolute Gasteiger partial charge is 0.397 e. The van der Waals surface area contributed by atoms with E-state index in [0.717, 1.165) is 31.7 Å². The molecular weight excluding hydrogens is 266 g/mol. The number of carbonyl (C=O) groups excluding carboxylic acids is 1. The minimum Gasteiger partial charge on any atom is -0.397 e. The van der Waals surface area contributed by atoms with Crippen molar-refractivity contribution in [3.05, 3.63) is 23.8 Å². The summed E-state index contributed by atoms with van der Waals surface area (Å²) in [5.74, 6) is -0.106. The first-order chi connectivity index (χ1) is 10.2. The maximum Gasteiger partial charge on any atom is 0.251 e. The van der Waals surface area contributed by atoms with Crippen molar-refractivity contribution in [3.8, 4) is 0 Å². The molecule has 2 aliphatic rings. The van der Waals surface area contributed by atoms with Gasteiger partial charge in [-0.25, -0.2) is 0 Å². The Morgan fingerprint density at radius 2 is 2.19 bits per heavy atom. The van der Waals surface area contributed by atoms with Gasteiger partial charge in [0.15, 0.2) is 0 Å². The highest BCUT2D eigenvalue weighted by Crippen LogP contribution is 2.34. The van der Waals surface area contributed by atoms with Crippen molar-refractivity contribution in [2.75, 3.05) is 30.8 Å². The average Bonchev–Trinajstić information content (AvgIpc) is 2.53. The van der Waals surface area contributed by atoms with Crippen molar-refractivity contribution in [1.29, 1.82) is 0 Å². The van der Waals surface area contributed by atoms with Gasteiger partial charge in [-0.2, -0.15) is 0 Å². The molecule has 5 heteroatoms. The van der Waals surface area contributed by atoms with Crippen LogP contribution in [-0.2, 0) is 4.74 Å². The smallest absolute Gasteiger partial charge is 0.251 e. The number of morpholine rings is 1. The Morgan fingerprint density at radius 1 is 1.38 bits per heavy atom. The molecule has 2 unspecified atom stereocenters. The second-order valence-corrected chi connectivity index (χ2v) is 5.81. The van der Waals surface area contributed by atoms with Gasteiger partial charge in [0.05, 0.1) is 30.1 Å². The number of nitrogens with zero attached hydrogens (tertiary/aromatic N) is 1. The van der Waals surface area contributed by atoms with E-state index in [2.05, 4.69) is 10.2 Å². The molecule has 21 heavy (non-hydrogen) atoms. The highest BCUT2D eigenvalue weighted by atomic mass is 16.5. The van der Waals surface area contributed by atoms with Crippen LogP contribution in [0, 0.1) is 0 Å². The van der Waals surface area contributed by atoms with Crippen molar-refractivity contribution in [2.24, 2.45) is 0 Å². The van der Waals surface area contributed by atoms with Gasteiger partial charge in [0.2, 0.25) is 0 Å². The number of hydrogen-bond donors (Lipinski definition) is 2. The Bertz CT molecular complexity index is 530. The fraction of sp³-hybridized carbons (Fsp3) is 0.562. The molecule has 2 fully saturated rings. The van der Waals surface area contributed by atoms with E-state index in [1.165, 1.54) is 12.8 Å². The molecule has 2 atom stereocenters. The summed E-state index contributed by atoms with van der Waals surface area (Å²) in [5.41, 5.74) is 8.51. The fourth-order valence-corrected chi connectivity index (χ4v) is 3.50. The fourth-order valence-electron chi connectivity index (χ4n) is 3.50. The SMILES string of the molecule is CNC(=O)c1ccc(N2CCOC3CCCCC32)c(N)c1. The topological polar surface area (TPSA) is 67.6 Å². The second kappa shape index (κ2) is 5.93. The van der Waals surface area contributed by atoms with Crippen LogP contribution >= 0.6 is 0 Å². The zero-order valence-corrected chi connectivity index (χ0v) is 12.5. The van der Waals surface area contributed by atoms with E-state index in [1.54, 1.807) is 13.1 Å². The van der Waals surface area contributed by atoms with E-state index >= 15 is 0 Å². The lowest BCUT2D eigenvalue weighted by Crippen LogP contribution is -2.53. The molecule has 5 nitrogen and oxygen atoms in total. The molecule has 1 aliphatic heterocycles. The van der Waals surface area contributed by atoms with Gasteiger partial charge >= 0.3 is 0 Å². The van der Waals surface area contributed by atoms with Crippen LogP contribution in [0.25, 0.3) is 0 Å². The van der Waals surface area contributed by atoms with Gasteiger partial charge in [0.1, 0.15) is 0 Å². The van der Waals surface area contributed by atoms with Crippen LogP contribution in [0.2, 0.25) is 0 Å². The Hall–Kier alpha value is -1.75. The molecule has 114 valence electrons. The van der Waals surface area contributed by atoms with Crippen molar-refractivity contribution >= 4 is 17.3 Å². The molecule has 1 saturated carbocycles. The minimum atomic E-state index is -0.106. The lowest BCUT2D eigenvalue weighted by Gasteiger charge is -2.45. The number of nitrogens with two attached hydrogens (primary N) is 1. The lowest BCUT2D eigenvalue weighted by molar-refractivity contribution is -0.00862. The molecule has 1 aliphatic carbocycles. The molecule has 1 heterocycles. The number of rotatable bonds is 2. The zero-order chi connectivity index (χ0) is 14.8. The molecule has 1 aromatic carbocycles. The zero-order valence-electron chi connectivity index (χ0n) is 12.5. The third kappa shape index (κ3) is 2.70. The number of fused-ring (bicyclic) bond motifs is 1. The van der Waals surface area contributed by atoms with Gasteiger partial charge < -0.3 is 20.7 Å². The van der Waals surface area contributed by atoms with Crippen LogP contribution in [-0.4, -0.2) is 38.3 Å². The van der Waals surface area contributed by atoms with Crippen molar-refractivity contribution in [2.45, 2.75) is 37.8 Å². The Morgan fingerprint density at radius 3 is 2.95 bits per heavy atom. The second-order valence-electron chi connectivity index (χ2n) is 5.81. The predicted octanol–water partition coefficient (Wildman–Crippen LogP) is 1.78. The van der Waals surface area contributed by atoms with Crippen LogP contribution in [0.4, 0.5) is 11.4 Å². The Kier molecular flexibility index (Phi) is 4.01. The number of hydrogen-bond acceptors (Lipinski definition) is 4. The Balaban J connectivity index is 1.86. The van der Waals surface area contributed by atoms with Gasteiger partial charge in [0.25, 0.3) is 5.91 Å². The van der Waals surface area contributed by atoms with Gasteiger partial charge in [0, 0.05) is 19.2 Å². The van der Waals surface area contributed by atoms with Gasteiger partial charge in [-0.05, 0) is 31.0 Å². The maximum absolute atomic E-state index is 11.7. The van der Waals surface area contributed by atoms with Crippen LogP contribution in [0.5, 0.6) is 0 Å². The summed E-state index contributed by atoms with van der Waals surface area (Å²) in [4.78, 5) is 14.1. The van der Waals surface area contributed by atoms with E-state index in [4.69, 9.17) is 10.5 Å². The monoisotopic (exact) mass is 289 g/mol. The van der Waals surface area contributed by atoms with Crippen molar-refractivity contribution < 1.29 is 9.53 Å². The molecule has 1 amide bonds. The lowest BCUT2D eigenvalue weighted by atomic mass is 9.89. The number of ether oxygens (including phenoxy) is 1. The number of nitrogens with one attached hydrogen (secondary N) is 1. The number of nitrogen functional groups attached to an aromatic ring is 1. The van der Waals surface area contributed by atoms with E-state index in [1.807, 2.05) is 12.1 Å². The normalized spacial score (nSPS) is 25.3. The molecule has 0 radical (unpaired) electrons. The minimum absolute atomic E-state index is 0.106. The van der Waals surface area contributed by atoms with Crippen LogP contribution in [0.15, 0.2) is 18.2 Å². The average molecular weight is 289 g/mol. The molecule has 1 aromatic rings. The first kappa shape index (κ1) is 14.2. The number of carbonyl (C=O) groups is 1. The van der Waals surface area contributed by atoms with Crippen molar-refractivity contribution in [1.82, 2.24) is 5.32 Å². The molecular formula is C16H23N3O2. The van der Waals surface area contributed by atoms with Crippen LogP contribution in [0.3, 0.4) is 0 Å². The first-order valence-corrected chi connectivity index (χ1v) is 7.70. The summed E-state index contributed by atoms with van der Waals surface area (Å²) in [7, 11) is 1.63. The van der Waals surface area contributed by atoms with Gasteiger partial charge in [-0.15, -0.1) is 0 Å². The molecule has 1 saturated heterocycles. The van der Waals surface area contributed by atoms with Crippen LogP contribution in [0.1, 0.15) is 36.0 Å². The summed E-state index contributed by atoms with van der Waals surface area (Å²) in [6.45, 7) is 1.61. The van der Waals surface area contributed by atoms with Crippen LogP contribution < -0.4 is 16.0 Å². The van der Waals surface area contributed by atoms with E-state index in [0.29, 0.717) is 23.4 Å². The summed E-state index contributed by atoms with van der Waals surface area (Å²) < 4.78 is 5.91. The third-order valence-electron chi connectivity index (χ3n) is 4.56. The first-order valence-electron chi connectivity index (χ1n) is 7.70. The molecule has 3 rings (SSSR count). The standard InChI is InChI=1S/C16H23N3O2/c1-18-16(20)11-6-7-13(12(17)10-11)19-8-9-21-15-5-3-2-4-14(15)19/h6-7,10,14-15H,2-5,8-9,17H2,1H3,(H,18,20). The number of amides is 1. The maximum atomic E-state index is 11.7.